The molecule has 1 rings (SSSR count). The fourth-order valence-corrected chi connectivity index (χ4v) is 1.05. The van der Waals surface area contributed by atoms with Crippen molar-refractivity contribution in [2.24, 2.45) is 5.73 Å². The Bertz CT molecular complexity index is 249. The first-order chi connectivity index (χ1) is 5.60. The van der Waals surface area contributed by atoms with E-state index in [0.29, 0.717) is 0 Å². The minimum atomic E-state index is -1.31. The van der Waals surface area contributed by atoms with Crippen molar-refractivity contribution in [3.05, 3.63) is 34.4 Å². The molecular weight excluding hydrogens is 160 g/mol. The number of nitro groups is 1. The van der Waals surface area contributed by atoms with Crippen molar-refractivity contribution < 1.29 is 9.66 Å². The molecule has 0 radical (unpaired) electrons. The van der Waals surface area contributed by atoms with Gasteiger partial charge in [-0.15, -0.1) is 0 Å². The predicted octanol–water partition coefficient (Wildman–Crippen LogP) is 0.0591. The smallest absolute Gasteiger partial charge is 0.276 e. The van der Waals surface area contributed by atoms with E-state index >= 15 is 0 Å². The lowest BCUT2D eigenvalue weighted by atomic mass is 10.0. The van der Waals surface area contributed by atoms with Crippen LogP contribution in [-0.4, -0.2) is 23.8 Å². The van der Waals surface area contributed by atoms with Crippen LogP contribution in [0, 0.1) is 10.1 Å². The van der Waals surface area contributed by atoms with Gasteiger partial charge in [0, 0.05) is 12.0 Å². The largest absolute Gasteiger partial charge is 0.354 e. The maximum absolute atomic E-state index is 10.5. The van der Waals surface area contributed by atoms with Gasteiger partial charge in [-0.1, -0.05) is 12.2 Å². The summed E-state index contributed by atoms with van der Waals surface area (Å²) < 4.78 is 4.85. The summed E-state index contributed by atoms with van der Waals surface area (Å²) in [5.41, 5.74) is 4.29. The number of allylic oxidation sites excluding steroid dienone is 2. The number of methoxy groups -OCH3 is 1. The average molecular weight is 170 g/mol. The number of hydrogen-bond donors (Lipinski definition) is 1. The van der Waals surface area contributed by atoms with E-state index in [2.05, 4.69) is 0 Å². The van der Waals surface area contributed by atoms with Gasteiger partial charge in [0.2, 0.25) is 5.72 Å². The third kappa shape index (κ3) is 1.37. The Balaban J connectivity index is 2.92. The Morgan fingerprint density at radius 2 is 2.33 bits per heavy atom. The van der Waals surface area contributed by atoms with Crippen LogP contribution >= 0.6 is 0 Å². The lowest BCUT2D eigenvalue weighted by Crippen LogP contribution is -2.54. The van der Waals surface area contributed by atoms with E-state index in [9.17, 15) is 10.1 Å². The first-order valence-electron chi connectivity index (χ1n) is 3.44. The van der Waals surface area contributed by atoms with Gasteiger partial charge in [0.15, 0.2) is 0 Å². The van der Waals surface area contributed by atoms with Crippen molar-refractivity contribution in [2.75, 3.05) is 7.11 Å². The number of hydrogen-bond acceptors (Lipinski definition) is 4. The highest BCUT2D eigenvalue weighted by Gasteiger charge is 2.41. The number of ether oxygens (including phenoxy) is 1. The van der Waals surface area contributed by atoms with E-state index in [0.717, 1.165) is 0 Å². The summed E-state index contributed by atoms with van der Waals surface area (Å²) in [6.07, 6.45) is 6.09. The molecule has 5 heteroatoms. The van der Waals surface area contributed by atoms with Gasteiger partial charge in [0.1, 0.15) is 0 Å². The summed E-state index contributed by atoms with van der Waals surface area (Å²) in [7, 11) is 1.35. The van der Waals surface area contributed by atoms with Gasteiger partial charge in [0.05, 0.1) is 0 Å². The summed E-state index contributed by atoms with van der Waals surface area (Å²) in [5, 5.41) is 10.5. The second-order valence-electron chi connectivity index (χ2n) is 2.53. The van der Waals surface area contributed by atoms with Crippen molar-refractivity contribution in [3.63, 3.8) is 0 Å². The Labute approximate surface area is 69.7 Å². The highest BCUT2D eigenvalue weighted by Crippen LogP contribution is 2.18. The molecule has 0 saturated heterocycles. The van der Waals surface area contributed by atoms with Crippen LogP contribution in [0.15, 0.2) is 24.3 Å². The highest BCUT2D eigenvalue weighted by molar-refractivity contribution is 5.21. The Kier molecular flexibility index (Phi) is 2.25. The van der Waals surface area contributed by atoms with Crippen LogP contribution in [0.3, 0.4) is 0 Å². The molecule has 0 spiro atoms. The Morgan fingerprint density at radius 1 is 1.67 bits per heavy atom. The molecule has 2 unspecified atom stereocenters. The molecule has 12 heavy (non-hydrogen) atoms. The molecule has 5 nitrogen and oxygen atoms in total. The maximum atomic E-state index is 10.5. The lowest BCUT2D eigenvalue weighted by molar-refractivity contribution is -0.529. The summed E-state index contributed by atoms with van der Waals surface area (Å²) in [5.74, 6) is 0. The third-order valence-corrected chi connectivity index (χ3v) is 1.80. The monoisotopic (exact) mass is 170 g/mol. The Hall–Kier alpha value is -1.20. The minimum absolute atomic E-state index is 0.469. The van der Waals surface area contributed by atoms with Crippen LogP contribution in [0.25, 0.3) is 0 Å². The molecule has 0 fully saturated rings. The normalized spacial score (nSPS) is 33.7. The standard InChI is InChI=1S/C7H10N2O3/c1-12-7(8)5-3-2-4-6(7)9(10)11/h2-6H,8H2,1H3. The zero-order valence-electron chi connectivity index (χ0n) is 6.64. The summed E-state index contributed by atoms with van der Waals surface area (Å²) >= 11 is 0. The van der Waals surface area contributed by atoms with E-state index < -0.39 is 16.7 Å². The van der Waals surface area contributed by atoms with Gasteiger partial charge < -0.3 is 4.74 Å². The summed E-state index contributed by atoms with van der Waals surface area (Å²) in [6, 6.07) is -1.01. The molecule has 0 aromatic rings. The maximum Gasteiger partial charge on any atom is 0.276 e. The van der Waals surface area contributed by atoms with Gasteiger partial charge in [0.25, 0.3) is 6.04 Å². The van der Waals surface area contributed by atoms with E-state index in [1.54, 1.807) is 12.2 Å². The van der Waals surface area contributed by atoms with Crippen molar-refractivity contribution in [1.82, 2.24) is 0 Å². The van der Waals surface area contributed by atoms with Crippen LogP contribution in [0.2, 0.25) is 0 Å². The summed E-state index contributed by atoms with van der Waals surface area (Å²) in [4.78, 5) is 10.0. The van der Waals surface area contributed by atoms with Crippen LogP contribution in [-0.2, 0) is 4.74 Å². The van der Waals surface area contributed by atoms with Gasteiger partial charge in [-0.25, -0.2) is 0 Å². The van der Waals surface area contributed by atoms with E-state index in [4.69, 9.17) is 10.5 Å². The third-order valence-electron chi connectivity index (χ3n) is 1.80. The van der Waals surface area contributed by atoms with Crippen molar-refractivity contribution in [3.8, 4) is 0 Å². The number of nitrogens with two attached hydrogens (primary N) is 1. The zero-order valence-corrected chi connectivity index (χ0v) is 6.64. The van der Waals surface area contributed by atoms with Crippen molar-refractivity contribution in [2.45, 2.75) is 11.8 Å². The van der Waals surface area contributed by atoms with Crippen LogP contribution < -0.4 is 5.73 Å². The molecule has 0 aromatic carbocycles. The van der Waals surface area contributed by atoms with E-state index in [-0.39, 0.29) is 0 Å². The molecule has 2 N–H and O–H groups in total. The van der Waals surface area contributed by atoms with Crippen molar-refractivity contribution in [1.29, 1.82) is 0 Å². The van der Waals surface area contributed by atoms with Gasteiger partial charge in [-0.3, -0.25) is 15.8 Å². The van der Waals surface area contributed by atoms with Crippen LogP contribution in [0.5, 0.6) is 0 Å². The second kappa shape index (κ2) is 3.04. The average Bonchev–Trinajstić information content (AvgIpc) is 2.05. The molecule has 0 saturated carbocycles. The number of nitrogens with zero attached hydrogens (tertiary/aromatic N) is 1. The molecule has 0 aliphatic heterocycles. The van der Waals surface area contributed by atoms with Gasteiger partial charge in [-0.05, 0) is 12.2 Å². The summed E-state index contributed by atoms with van der Waals surface area (Å²) in [6.45, 7) is 0. The SMILES string of the molecule is COC1(N)C=CC=CC1[N+](=O)[O-]. The lowest BCUT2D eigenvalue weighted by Gasteiger charge is -2.26. The molecule has 0 heterocycles. The molecule has 0 aromatic heterocycles. The molecule has 0 bridgehead atoms. The predicted molar refractivity (Wildman–Crippen MR) is 43.0 cm³/mol. The molecule has 0 amide bonds. The second-order valence-corrected chi connectivity index (χ2v) is 2.53. The zero-order chi connectivity index (χ0) is 9.19. The van der Waals surface area contributed by atoms with Crippen molar-refractivity contribution >= 4 is 0 Å². The van der Waals surface area contributed by atoms with E-state index in [1.165, 1.54) is 19.3 Å². The first-order valence-corrected chi connectivity index (χ1v) is 3.44. The molecular formula is C7H10N2O3. The highest BCUT2D eigenvalue weighted by atomic mass is 16.6. The number of rotatable bonds is 2. The van der Waals surface area contributed by atoms with Gasteiger partial charge in [-0.2, -0.15) is 0 Å². The molecule has 66 valence electrons. The molecule has 1 aliphatic rings. The van der Waals surface area contributed by atoms with E-state index in [1.807, 2.05) is 0 Å². The van der Waals surface area contributed by atoms with Crippen LogP contribution in [0.4, 0.5) is 0 Å². The van der Waals surface area contributed by atoms with Crippen LogP contribution in [0.1, 0.15) is 0 Å². The fourth-order valence-electron chi connectivity index (χ4n) is 1.05. The Morgan fingerprint density at radius 3 is 2.75 bits per heavy atom. The molecule has 2 atom stereocenters. The minimum Gasteiger partial charge on any atom is -0.354 e. The topological polar surface area (TPSA) is 78.4 Å². The van der Waals surface area contributed by atoms with Gasteiger partial charge >= 0.3 is 0 Å². The quantitative estimate of drug-likeness (QED) is 0.361. The molecule has 1 aliphatic carbocycles. The fraction of sp³-hybridized carbons (Fsp3) is 0.429. The first kappa shape index (κ1) is 8.89.